The first-order chi connectivity index (χ1) is 17.8. The van der Waals surface area contributed by atoms with E-state index >= 15 is 0 Å². The third-order valence-corrected chi connectivity index (χ3v) is 7.29. The van der Waals surface area contributed by atoms with Crippen molar-refractivity contribution in [2.24, 2.45) is 0 Å². The molecule has 7 aromatic carbocycles. The lowest BCUT2D eigenvalue weighted by Gasteiger charge is -2.21. The van der Waals surface area contributed by atoms with E-state index in [4.69, 9.17) is 9.47 Å². The van der Waals surface area contributed by atoms with E-state index in [1.165, 1.54) is 49.0 Å². The molecule has 0 aliphatic carbocycles. The molecular weight excluding hydrogens is 440 g/mol. The maximum atomic E-state index is 6.20. The van der Waals surface area contributed by atoms with E-state index in [-0.39, 0.29) is 0 Å². The van der Waals surface area contributed by atoms with Gasteiger partial charge in [-0.1, -0.05) is 97.1 Å². The maximum Gasteiger partial charge on any atom is 0.170 e. The Balaban J connectivity index is 1.35. The Kier molecular flexibility index (Phi) is 3.97. The molecule has 0 saturated heterocycles. The van der Waals surface area contributed by atoms with E-state index in [2.05, 4.69) is 91.0 Å². The monoisotopic (exact) mass is 460 g/mol. The van der Waals surface area contributed by atoms with Crippen LogP contribution < -0.4 is 9.47 Å². The smallest absolute Gasteiger partial charge is 0.170 e. The largest absolute Gasteiger partial charge is 0.450 e. The first-order valence-corrected chi connectivity index (χ1v) is 12.2. The highest BCUT2D eigenvalue weighted by Crippen LogP contribution is 2.48. The summed E-state index contributed by atoms with van der Waals surface area (Å²) in [7, 11) is 0. The normalized spacial score (nSPS) is 12.3. The Labute approximate surface area is 208 Å². The zero-order chi connectivity index (χ0) is 23.6. The summed E-state index contributed by atoms with van der Waals surface area (Å²) in [4.78, 5) is 0. The summed E-state index contributed by atoms with van der Waals surface area (Å²) in [6.45, 7) is 0. The van der Waals surface area contributed by atoms with Gasteiger partial charge in [0, 0.05) is 0 Å². The van der Waals surface area contributed by atoms with Crippen LogP contribution in [0.2, 0.25) is 0 Å². The van der Waals surface area contributed by atoms with Gasteiger partial charge < -0.3 is 9.47 Å². The van der Waals surface area contributed by atoms with Crippen molar-refractivity contribution in [3.05, 3.63) is 121 Å². The van der Waals surface area contributed by atoms with E-state index in [1.807, 2.05) is 30.3 Å². The zero-order valence-electron chi connectivity index (χ0n) is 19.4. The number of hydrogen-bond donors (Lipinski definition) is 0. The third-order valence-electron chi connectivity index (χ3n) is 7.29. The van der Waals surface area contributed by atoms with E-state index in [0.29, 0.717) is 0 Å². The predicted molar refractivity (Wildman–Crippen MR) is 148 cm³/mol. The molecule has 36 heavy (non-hydrogen) atoms. The molecular formula is C34H20O2. The van der Waals surface area contributed by atoms with E-state index < -0.39 is 0 Å². The molecule has 1 aliphatic heterocycles. The second-order valence-corrected chi connectivity index (χ2v) is 9.33. The third kappa shape index (κ3) is 2.79. The predicted octanol–water partition coefficient (Wildman–Crippen LogP) is 9.82. The van der Waals surface area contributed by atoms with Gasteiger partial charge in [0.1, 0.15) is 0 Å². The second kappa shape index (κ2) is 7.34. The quantitative estimate of drug-likeness (QED) is 0.239. The van der Waals surface area contributed by atoms with Gasteiger partial charge in [0.05, 0.1) is 0 Å². The summed E-state index contributed by atoms with van der Waals surface area (Å²) in [6, 6.07) is 42.6. The van der Waals surface area contributed by atoms with Gasteiger partial charge in [-0.2, -0.15) is 0 Å². The minimum Gasteiger partial charge on any atom is -0.450 e. The van der Waals surface area contributed by atoms with Crippen LogP contribution in [0.25, 0.3) is 54.6 Å². The van der Waals surface area contributed by atoms with Crippen LogP contribution in [0.4, 0.5) is 0 Å². The van der Waals surface area contributed by atoms with Gasteiger partial charge in [-0.05, 0) is 78.8 Å². The molecule has 1 aliphatic rings. The number of para-hydroxylation sites is 2. The van der Waals surface area contributed by atoms with E-state index in [1.54, 1.807) is 0 Å². The van der Waals surface area contributed by atoms with Crippen LogP contribution in [0.5, 0.6) is 23.0 Å². The van der Waals surface area contributed by atoms with Crippen molar-refractivity contribution >= 4 is 32.3 Å². The van der Waals surface area contributed by atoms with Crippen LogP contribution in [0.15, 0.2) is 121 Å². The zero-order valence-corrected chi connectivity index (χ0v) is 19.4. The molecule has 0 bridgehead atoms. The fraction of sp³-hybridized carbons (Fsp3) is 0. The Bertz CT molecular complexity index is 1940. The molecule has 0 radical (unpaired) electrons. The number of hydrogen-bond acceptors (Lipinski definition) is 2. The molecule has 1 heterocycles. The number of ether oxygens (including phenoxy) is 2. The van der Waals surface area contributed by atoms with Gasteiger partial charge in [0.25, 0.3) is 0 Å². The molecule has 0 atom stereocenters. The summed E-state index contributed by atoms with van der Waals surface area (Å²) in [5.74, 6) is 2.96. The minimum atomic E-state index is 0.739. The topological polar surface area (TPSA) is 18.5 Å². The molecule has 0 amide bonds. The fourth-order valence-corrected chi connectivity index (χ4v) is 5.62. The van der Waals surface area contributed by atoms with Crippen molar-refractivity contribution in [1.82, 2.24) is 0 Å². The van der Waals surface area contributed by atoms with Crippen molar-refractivity contribution in [3.63, 3.8) is 0 Å². The van der Waals surface area contributed by atoms with Crippen LogP contribution >= 0.6 is 0 Å². The van der Waals surface area contributed by atoms with Gasteiger partial charge in [0.15, 0.2) is 23.0 Å². The number of fused-ring (bicyclic) bond motifs is 2. The van der Waals surface area contributed by atoms with Gasteiger partial charge in [-0.25, -0.2) is 0 Å². The fourth-order valence-electron chi connectivity index (χ4n) is 5.62. The van der Waals surface area contributed by atoms with Crippen molar-refractivity contribution in [1.29, 1.82) is 0 Å². The molecule has 0 unspecified atom stereocenters. The van der Waals surface area contributed by atoms with Crippen molar-refractivity contribution in [2.45, 2.75) is 0 Å². The Hall–Kier alpha value is -4.82. The molecule has 168 valence electrons. The summed E-state index contributed by atoms with van der Waals surface area (Å²) >= 11 is 0. The van der Waals surface area contributed by atoms with Gasteiger partial charge in [0.2, 0.25) is 0 Å². The summed E-state index contributed by atoms with van der Waals surface area (Å²) in [5.41, 5.74) is 4.80. The Morgan fingerprint density at radius 2 is 0.889 bits per heavy atom. The molecule has 0 N–H and O–H groups in total. The maximum absolute atomic E-state index is 6.20. The van der Waals surface area contributed by atoms with Crippen LogP contribution in [0.1, 0.15) is 0 Å². The lowest BCUT2D eigenvalue weighted by atomic mass is 9.87. The standard InChI is InChI=1S/C34H20O2/c1-2-6-21(7-3-1)25-15-10-22-13-18-28-26(16-11-23-12-17-27(25)33(22)34(23)28)24-14-19-31-32(20-24)36-30-9-5-4-8-29(30)35-31/h1-20H. The van der Waals surface area contributed by atoms with Crippen LogP contribution in [-0.4, -0.2) is 0 Å². The summed E-state index contributed by atoms with van der Waals surface area (Å²) < 4.78 is 12.3. The molecule has 7 aromatic rings. The highest BCUT2D eigenvalue weighted by atomic mass is 16.6. The Morgan fingerprint density at radius 1 is 0.361 bits per heavy atom. The molecule has 2 nitrogen and oxygen atoms in total. The van der Waals surface area contributed by atoms with Crippen LogP contribution in [-0.2, 0) is 0 Å². The van der Waals surface area contributed by atoms with Crippen LogP contribution in [0.3, 0.4) is 0 Å². The van der Waals surface area contributed by atoms with E-state index in [0.717, 1.165) is 28.6 Å². The average molecular weight is 461 g/mol. The Morgan fingerprint density at radius 3 is 1.56 bits per heavy atom. The van der Waals surface area contributed by atoms with E-state index in [9.17, 15) is 0 Å². The van der Waals surface area contributed by atoms with Crippen molar-refractivity contribution < 1.29 is 9.47 Å². The van der Waals surface area contributed by atoms with Crippen molar-refractivity contribution in [3.8, 4) is 45.3 Å². The number of rotatable bonds is 2. The first-order valence-electron chi connectivity index (χ1n) is 12.2. The molecule has 0 saturated carbocycles. The highest BCUT2D eigenvalue weighted by molar-refractivity contribution is 6.27. The van der Waals surface area contributed by atoms with Gasteiger partial charge >= 0.3 is 0 Å². The minimum absolute atomic E-state index is 0.739. The van der Waals surface area contributed by atoms with Gasteiger partial charge in [-0.15, -0.1) is 0 Å². The lowest BCUT2D eigenvalue weighted by molar-refractivity contribution is 0.360. The van der Waals surface area contributed by atoms with Crippen LogP contribution in [0, 0.1) is 0 Å². The first kappa shape index (κ1) is 19.5. The average Bonchev–Trinajstić information content (AvgIpc) is 2.94. The molecule has 0 fully saturated rings. The molecule has 2 heteroatoms. The summed E-state index contributed by atoms with van der Waals surface area (Å²) in [5, 5.41) is 7.67. The highest BCUT2D eigenvalue weighted by Gasteiger charge is 2.20. The number of benzene rings is 7. The molecule has 0 aromatic heterocycles. The lowest BCUT2D eigenvalue weighted by Crippen LogP contribution is -1.98. The molecule has 0 spiro atoms. The molecule has 8 rings (SSSR count). The van der Waals surface area contributed by atoms with Crippen molar-refractivity contribution in [2.75, 3.05) is 0 Å². The SMILES string of the molecule is c1ccc(-c2ccc3ccc4c(-c5ccc6c(c5)Oc5ccccc5O6)ccc5ccc2c3c54)cc1. The van der Waals surface area contributed by atoms with Gasteiger partial charge in [-0.3, -0.25) is 0 Å². The summed E-state index contributed by atoms with van der Waals surface area (Å²) in [6.07, 6.45) is 0. The second-order valence-electron chi connectivity index (χ2n) is 9.33.